The Labute approximate surface area is 106 Å². The van der Waals surface area contributed by atoms with Crippen LogP contribution in [-0.4, -0.2) is 27.0 Å². The number of carboxylic acid groups (broad SMARTS) is 1. The van der Waals surface area contributed by atoms with Crippen LogP contribution in [0, 0.1) is 0 Å². The summed E-state index contributed by atoms with van der Waals surface area (Å²) in [6, 6.07) is 3.86. The number of hydrogen-bond donors (Lipinski definition) is 1. The first-order valence-electron chi connectivity index (χ1n) is 4.91. The number of nitrogens with zero attached hydrogens (tertiary/aromatic N) is 2. The second-order valence-electron chi connectivity index (χ2n) is 3.19. The van der Waals surface area contributed by atoms with E-state index in [1.165, 1.54) is 11.8 Å². The second kappa shape index (κ2) is 5.83. The number of hydrogen-bond acceptors (Lipinski definition) is 6. The van der Waals surface area contributed by atoms with E-state index >= 15 is 0 Å². The molecule has 0 aromatic carbocycles. The van der Waals surface area contributed by atoms with E-state index < -0.39 is 5.97 Å². The predicted molar refractivity (Wildman–Crippen MR) is 66.0 cm³/mol. The van der Waals surface area contributed by atoms with Crippen molar-refractivity contribution in [2.24, 2.45) is 0 Å². The van der Waals surface area contributed by atoms with Crippen molar-refractivity contribution in [2.45, 2.75) is 12.2 Å². The Morgan fingerprint density at radius 3 is 3.18 bits per heavy atom. The summed E-state index contributed by atoms with van der Waals surface area (Å²) in [5.74, 6) is 1.43. The van der Waals surface area contributed by atoms with Gasteiger partial charge in [-0.15, -0.1) is 11.3 Å². The Balaban J connectivity index is 1.84. The number of carbonyl (C=O) groups is 1. The molecule has 0 bridgehead atoms. The summed E-state index contributed by atoms with van der Waals surface area (Å²) in [4.78, 5) is 15.5. The minimum absolute atomic E-state index is 0.149. The second-order valence-corrected chi connectivity index (χ2v) is 5.24. The molecule has 2 aromatic rings. The molecule has 0 aliphatic carbocycles. The van der Waals surface area contributed by atoms with E-state index in [1.54, 1.807) is 11.3 Å². The van der Waals surface area contributed by atoms with Crippen LogP contribution in [0.15, 0.2) is 22.0 Å². The lowest BCUT2D eigenvalue weighted by Crippen LogP contribution is -1.96. The molecule has 7 heteroatoms. The average Bonchev–Trinajstić information content (AvgIpc) is 2.94. The third-order valence-corrected chi connectivity index (χ3v) is 3.71. The molecule has 0 spiro atoms. The van der Waals surface area contributed by atoms with E-state index in [2.05, 4.69) is 10.1 Å². The fourth-order valence-electron chi connectivity index (χ4n) is 1.14. The van der Waals surface area contributed by atoms with Gasteiger partial charge in [0.15, 0.2) is 0 Å². The fourth-order valence-corrected chi connectivity index (χ4v) is 2.54. The van der Waals surface area contributed by atoms with Crippen molar-refractivity contribution >= 4 is 29.1 Å². The molecule has 5 nitrogen and oxygen atoms in total. The molecule has 90 valence electrons. The lowest BCUT2D eigenvalue weighted by Gasteiger charge is -1.93. The Hall–Kier alpha value is -1.34. The first-order chi connectivity index (χ1) is 8.25. The van der Waals surface area contributed by atoms with Crippen molar-refractivity contribution in [3.8, 4) is 10.7 Å². The smallest absolute Gasteiger partial charge is 0.304 e. The van der Waals surface area contributed by atoms with Crippen molar-refractivity contribution in [1.82, 2.24) is 10.1 Å². The number of thioether (sulfide) groups is 1. The maximum Gasteiger partial charge on any atom is 0.304 e. The van der Waals surface area contributed by atoms with Gasteiger partial charge in [-0.05, 0) is 11.4 Å². The molecule has 0 aliphatic rings. The Kier molecular flexibility index (Phi) is 4.16. The zero-order valence-corrected chi connectivity index (χ0v) is 10.5. The maximum atomic E-state index is 10.3. The quantitative estimate of drug-likeness (QED) is 0.813. The zero-order valence-electron chi connectivity index (χ0n) is 8.83. The van der Waals surface area contributed by atoms with Gasteiger partial charge >= 0.3 is 5.97 Å². The number of carboxylic acids is 1. The van der Waals surface area contributed by atoms with Gasteiger partial charge in [0.25, 0.3) is 0 Å². The third-order valence-electron chi connectivity index (χ3n) is 1.90. The topological polar surface area (TPSA) is 76.2 Å². The van der Waals surface area contributed by atoms with Crippen LogP contribution >= 0.6 is 23.1 Å². The molecule has 0 unspecified atom stereocenters. The largest absolute Gasteiger partial charge is 0.481 e. The highest BCUT2D eigenvalue weighted by atomic mass is 32.2. The Morgan fingerprint density at radius 1 is 1.59 bits per heavy atom. The summed E-state index contributed by atoms with van der Waals surface area (Å²) in [6.07, 6.45) is 0.149. The van der Waals surface area contributed by atoms with Gasteiger partial charge < -0.3 is 9.63 Å². The molecule has 0 atom stereocenters. The molecule has 0 fully saturated rings. The average molecular weight is 270 g/mol. The van der Waals surface area contributed by atoms with Crippen molar-refractivity contribution < 1.29 is 14.4 Å². The summed E-state index contributed by atoms with van der Waals surface area (Å²) in [6.45, 7) is 0. The van der Waals surface area contributed by atoms with Crippen LogP contribution < -0.4 is 0 Å². The highest BCUT2D eigenvalue weighted by molar-refractivity contribution is 7.98. The summed E-state index contributed by atoms with van der Waals surface area (Å²) < 4.78 is 5.07. The minimum atomic E-state index is -0.790. The number of thiophene rings is 1. The van der Waals surface area contributed by atoms with Crippen LogP contribution in [-0.2, 0) is 10.5 Å². The molecular weight excluding hydrogens is 260 g/mol. The maximum absolute atomic E-state index is 10.3. The van der Waals surface area contributed by atoms with E-state index in [9.17, 15) is 4.79 Å². The number of aromatic nitrogens is 2. The standard InChI is InChI=1S/C10H10N2O3S2/c13-9(14)3-5-16-6-8-11-10(12-15-8)7-2-1-4-17-7/h1-2,4H,3,5-6H2,(H,13,14). The normalized spacial score (nSPS) is 10.6. The van der Waals surface area contributed by atoms with E-state index in [0.717, 1.165) is 4.88 Å². The van der Waals surface area contributed by atoms with Gasteiger partial charge in [0.1, 0.15) is 0 Å². The number of aliphatic carboxylic acids is 1. The Morgan fingerprint density at radius 2 is 2.47 bits per heavy atom. The highest BCUT2D eigenvalue weighted by Crippen LogP contribution is 2.22. The first kappa shape index (κ1) is 12.1. The van der Waals surface area contributed by atoms with Crippen molar-refractivity contribution in [2.75, 3.05) is 5.75 Å². The van der Waals surface area contributed by atoms with E-state index in [-0.39, 0.29) is 6.42 Å². The van der Waals surface area contributed by atoms with E-state index in [1.807, 2.05) is 17.5 Å². The molecule has 1 N–H and O–H groups in total. The van der Waals surface area contributed by atoms with E-state index in [4.69, 9.17) is 9.63 Å². The highest BCUT2D eigenvalue weighted by Gasteiger charge is 2.09. The van der Waals surface area contributed by atoms with Gasteiger partial charge in [-0.1, -0.05) is 11.2 Å². The lowest BCUT2D eigenvalue weighted by atomic mass is 10.4. The molecule has 2 aromatic heterocycles. The SMILES string of the molecule is O=C(O)CCSCc1nc(-c2cccs2)no1. The van der Waals surface area contributed by atoms with Gasteiger partial charge in [0.05, 0.1) is 17.1 Å². The first-order valence-corrected chi connectivity index (χ1v) is 6.95. The fraction of sp³-hybridized carbons (Fsp3) is 0.300. The molecular formula is C10H10N2O3S2. The molecule has 0 saturated carbocycles. The molecule has 0 radical (unpaired) electrons. The van der Waals surface area contributed by atoms with Gasteiger partial charge in [0.2, 0.25) is 11.7 Å². The number of rotatable bonds is 6. The van der Waals surface area contributed by atoms with Crippen molar-refractivity contribution in [3.05, 3.63) is 23.4 Å². The summed E-state index contributed by atoms with van der Waals surface area (Å²) in [5.41, 5.74) is 0. The third kappa shape index (κ3) is 3.57. The van der Waals surface area contributed by atoms with Crippen LogP contribution in [0.3, 0.4) is 0 Å². The monoisotopic (exact) mass is 270 g/mol. The van der Waals surface area contributed by atoms with Crippen molar-refractivity contribution in [3.63, 3.8) is 0 Å². The van der Waals surface area contributed by atoms with Crippen LogP contribution in [0.5, 0.6) is 0 Å². The van der Waals surface area contributed by atoms with Gasteiger partial charge in [0, 0.05) is 5.75 Å². The zero-order chi connectivity index (χ0) is 12.1. The van der Waals surface area contributed by atoms with Crippen molar-refractivity contribution in [1.29, 1.82) is 0 Å². The van der Waals surface area contributed by atoms with Gasteiger partial charge in [-0.2, -0.15) is 16.7 Å². The van der Waals surface area contributed by atoms with Crippen LogP contribution in [0.4, 0.5) is 0 Å². The lowest BCUT2D eigenvalue weighted by molar-refractivity contribution is -0.136. The van der Waals surface area contributed by atoms with Crippen LogP contribution in [0.25, 0.3) is 10.7 Å². The van der Waals surface area contributed by atoms with Gasteiger partial charge in [-0.25, -0.2) is 0 Å². The predicted octanol–water partition coefficient (Wildman–Crippen LogP) is 2.51. The molecule has 0 amide bonds. The molecule has 2 heterocycles. The molecule has 0 aliphatic heterocycles. The summed E-state index contributed by atoms with van der Waals surface area (Å²) in [7, 11) is 0. The van der Waals surface area contributed by atoms with E-state index in [0.29, 0.717) is 23.2 Å². The van der Waals surface area contributed by atoms with Crippen LogP contribution in [0.2, 0.25) is 0 Å². The van der Waals surface area contributed by atoms with Crippen LogP contribution in [0.1, 0.15) is 12.3 Å². The molecule has 17 heavy (non-hydrogen) atoms. The summed E-state index contributed by atoms with van der Waals surface area (Å²) >= 11 is 3.02. The summed E-state index contributed by atoms with van der Waals surface area (Å²) in [5, 5.41) is 14.3. The molecule has 0 saturated heterocycles. The van der Waals surface area contributed by atoms with Gasteiger partial charge in [-0.3, -0.25) is 4.79 Å². The minimum Gasteiger partial charge on any atom is -0.481 e. The molecule has 2 rings (SSSR count). The Bertz CT molecular complexity index is 481.